The summed E-state index contributed by atoms with van der Waals surface area (Å²) in [6.07, 6.45) is 5.74. The molecule has 50 heavy (non-hydrogen) atoms. The Labute approximate surface area is 295 Å². The molecule has 254 valence electrons. The van der Waals surface area contributed by atoms with E-state index in [2.05, 4.69) is 10.6 Å². The van der Waals surface area contributed by atoms with Crippen molar-refractivity contribution < 1.29 is 9.59 Å². The second kappa shape index (κ2) is 12.3. The Morgan fingerprint density at radius 3 is 1.42 bits per heavy atom. The van der Waals surface area contributed by atoms with Gasteiger partial charge in [-0.25, -0.2) is 9.97 Å². The third-order valence-corrected chi connectivity index (χ3v) is 10.6. The van der Waals surface area contributed by atoms with Crippen LogP contribution in [0.2, 0.25) is 10.0 Å². The predicted octanol–water partition coefficient (Wildman–Crippen LogP) is 4.65. The van der Waals surface area contributed by atoms with E-state index in [-0.39, 0.29) is 35.0 Å². The van der Waals surface area contributed by atoms with E-state index >= 15 is 0 Å². The Hall–Kier alpha value is -5.20. The number of carbonyl (C=O) groups is 2. The summed E-state index contributed by atoms with van der Waals surface area (Å²) in [5.41, 5.74) is 4.03. The van der Waals surface area contributed by atoms with E-state index in [0.29, 0.717) is 105 Å². The maximum absolute atomic E-state index is 13.5. The Balaban J connectivity index is 1.16. The second-order valence-electron chi connectivity index (χ2n) is 12.9. The van der Waals surface area contributed by atoms with E-state index in [1.807, 2.05) is 71.8 Å². The van der Waals surface area contributed by atoms with Gasteiger partial charge in [0.25, 0.3) is 11.1 Å². The number of amides is 2. The summed E-state index contributed by atoms with van der Waals surface area (Å²) in [7, 11) is 3.68. The molecule has 4 aromatic heterocycles. The molecule has 8 rings (SSSR count). The van der Waals surface area contributed by atoms with Gasteiger partial charge in [0.2, 0.25) is 11.8 Å². The van der Waals surface area contributed by atoms with Gasteiger partial charge < -0.3 is 28.9 Å². The summed E-state index contributed by atoms with van der Waals surface area (Å²) >= 11 is 14.3. The zero-order valence-electron chi connectivity index (χ0n) is 27.2. The molecule has 0 bridgehead atoms. The average molecular weight is 712 g/mol. The number of aromatic nitrogens is 6. The summed E-state index contributed by atoms with van der Waals surface area (Å²) < 4.78 is 6.86. The van der Waals surface area contributed by atoms with Crippen molar-refractivity contribution in [3.63, 3.8) is 0 Å². The lowest BCUT2D eigenvalue weighted by molar-refractivity contribution is -0.120. The monoisotopic (exact) mass is 710 g/mol. The van der Waals surface area contributed by atoms with Gasteiger partial charge in [0.1, 0.15) is 11.6 Å². The number of carbonyl (C=O) groups excluding carboxylic acids is 2. The normalized spacial score (nSPS) is 17.6. The molecule has 6 aromatic rings. The fourth-order valence-corrected chi connectivity index (χ4v) is 7.77. The van der Waals surface area contributed by atoms with Crippen molar-refractivity contribution in [3.05, 3.63) is 91.7 Å². The largest absolute Gasteiger partial charge is 0.352 e. The summed E-state index contributed by atoms with van der Waals surface area (Å²) in [6.45, 7) is 0.749. The highest BCUT2D eigenvalue weighted by atomic mass is 35.5. The molecule has 0 unspecified atom stereocenters. The van der Waals surface area contributed by atoms with Crippen LogP contribution in [0.4, 0.5) is 0 Å². The number of rotatable bonds is 7. The Morgan fingerprint density at radius 2 is 1.04 bits per heavy atom. The molecule has 0 aliphatic carbocycles. The van der Waals surface area contributed by atoms with Gasteiger partial charge in [0, 0.05) is 86.8 Å². The molecule has 14 heteroatoms. The van der Waals surface area contributed by atoms with Crippen LogP contribution < -0.4 is 21.8 Å². The first-order chi connectivity index (χ1) is 24.1. The maximum Gasteiger partial charge on any atom is 0.278 e. The predicted molar refractivity (Wildman–Crippen MR) is 192 cm³/mol. The van der Waals surface area contributed by atoms with Crippen molar-refractivity contribution >= 4 is 57.1 Å². The lowest BCUT2D eigenvalue weighted by atomic mass is 10.00. The average Bonchev–Trinajstić information content (AvgIpc) is 3.87. The Kier molecular flexibility index (Phi) is 7.87. The van der Waals surface area contributed by atoms with Gasteiger partial charge in [-0.3, -0.25) is 19.2 Å². The van der Waals surface area contributed by atoms with Gasteiger partial charge in [-0.15, -0.1) is 0 Å². The van der Waals surface area contributed by atoms with Crippen LogP contribution in [0, 0.1) is 0 Å². The highest BCUT2D eigenvalue weighted by molar-refractivity contribution is 6.39. The quantitative estimate of drug-likeness (QED) is 0.248. The lowest BCUT2D eigenvalue weighted by Gasteiger charge is -2.14. The number of hydrogen-bond acceptors (Lipinski definition) is 6. The molecule has 2 atom stereocenters. The molecule has 0 radical (unpaired) electrons. The van der Waals surface area contributed by atoms with Crippen molar-refractivity contribution in [2.24, 2.45) is 14.1 Å². The van der Waals surface area contributed by atoms with Crippen molar-refractivity contribution in [1.82, 2.24) is 38.9 Å². The van der Waals surface area contributed by atoms with E-state index in [9.17, 15) is 19.2 Å². The van der Waals surface area contributed by atoms with Gasteiger partial charge in [0.05, 0.1) is 21.1 Å². The maximum atomic E-state index is 13.5. The van der Waals surface area contributed by atoms with Crippen LogP contribution in [-0.4, -0.2) is 52.1 Å². The minimum Gasteiger partial charge on any atom is -0.352 e. The molecule has 2 fully saturated rings. The fraction of sp³-hybridized carbons (Fsp3) is 0.278. The van der Waals surface area contributed by atoms with E-state index in [1.54, 1.807) is 21.5 Å². The molecule has 6 heterocycles. The third kappa shape index (κ3) is 5.30. The summed E-state index contributed by atoms with van der Waals surface area (Å²) in [6, 6.07) is 14.7. The number of halogens is 2. The van der Waals surface area contributed by atoms with Crippen LogP contribution in [0.3, 0.4) is 0 Å². The zero-order valence-corrected chi connectivity index (χ0v) is 28.8. The van der Waals surface area contributed by atoms with Gasteiger partial charge in [-0.05, 0) is 37.1 Å². The fourth-order valence-electron chi connectivity index (χ4n) is 7.15. The molecular weight excluding hydrogens is 679 g/mol. The molecule has 2 aromatic carbocycles. The second-order valence-corrected chi connectivity index (χ2v) is 13.7. The first-order valence-corrected chi connectivity index (χ1v) is 17.1. The van der Waals surface area contributed by atoms with Crippen molar-refractivity contribution in [3.8, 4) is 33.9 Å². The number of imidazole rings is 2. The Morgan fingerprint density at radius 1 is 0.640 bits per heavy atom. The van der Waals surface area contributed by atoms with Crippen molar-refractivity contribution in [1.29, 1.82) is 0 Å². The topological polar surface area (TPSA) is 138 Å². The molecule has 2 aliphatic heterocycles. The molecule has 12 nitrogen and oxygen atoms in total. The number of nitrogens with one attached hydrogen (secondary N) is 2. The molecular formula is C36H32Cl2N8O4. The zero-order chi connectivity index (χ0) is 34.8. The summed E-state index contributed by atoms with van der Waals surface area (Å²) in [5.74, 6) is 1.03. The van der Waals surface area contributed by atoms with Crippen LogP contribution in [0.1, 0.15) is 25.7 Å². The van der Waals surface area contributed by atoms with Gasteiger partial charge in [0.15, 0.2) is 11.0 Å². The van der Waals surface area contributed by atoms with Crippen LogP contribution in [0.25, 0.3) is 56.0 Å². The first kappa shape index (κ1) is 32.0. The van der Waals surface area contributed by atoms with Crippen molar-refractivity contribution in [2.45, 2.75) is 50.9 Å². The summed E-state index contributed by atoms with van der Waals surface area (Å²) in [5, 5.41) is 6.64. The number of aryl methyl sites for hydroxylation is 2. The Bertz CT molecular complexity index is 2340. The molecule has 2 saturated heterocycles. The molecule has 0 saturated carbocycles. The first-order valence-electron chi connectivity index (χ1n) is 16.4. The standard InChI is InChI=1S/C36H32Cl2N8O4/c1-43-25-13-15-45(17-19-9-11-27(47)39-19)35(49)31(25)41-33(43)23-7-3-5-21(29(23)37)22-6-4-8-24(30(22)38)34-42-32-26(44(34)2)14-16-46(36(32)50)18-20-10-12-28(48)40-20/h3-8,13-16,19-20H,9-12,17-18H2,1-2H3,(H,39,47)(H,40,48)/t19-,20-/m0/s1. The molecule has 2 N–H and O–H groups in total. The minimum absolute atomic E-state index is 0.00440. The number of nitrogens with zero attached hydrogens (tertiary/aromatic N) is 6. The number of fused-ring (bicyclic) bond motifs is 2. The van der Waals surface area contributed by atoms with Gasteiger partial charge >= 0.3 is 0 Å². The SMILES string of the molecule is Cn1c(-c2cccc(-c3cccc(-c4nc5c(=O)n(C[C@@H]6CCC(=O)N6)ccc5n4C)c3Cl)c2Cl)nc2c(=O)n(C[C@@H]3CCC(=O)N3)ccc21. The highest BCUT2D eigenvalue weighted by Gasteiger charge is 2.25. The van der Waals surface area contributed by atoms with E-state index in [0.717, 1.165) is 0 Å². The number of benzene rings is 2. The van der Waals surface area contributed by atoms with Crippen LogP contribution >= 0.6 is 23.2 Å². The van der Waals surface area contributed by atoms with Crippen LogP contribution in [0.5, 0.6) is 0 Å². The lowest BCUT2D eigenvalue weighted by Crippen LogP contribution is -2.33. The molecule has 2 aliphatic rings. The van der Waals surface area contributed by atoms with Crippen LogP contribution in [-0.2, 0) is 36.8 Å². The van der Waals surface area contributed by atoms with Crippen molar-refractivity contribution in [2.75, 3.05) is 0 Å². The molecule has 0 spiro atoms. The number of hydrogen-bond donors (Lipinski definition) is 2. The minimum atomic E-state index is -0.243. The highest BCUT2D eigenvalue weighted by Crippen LogP contribution is 2.42. The molecule has 2 amide bonds. The van der Waals surface area contributed by atoms with Crippen LogP contribution in [0.15, 0.2) is 70.5 Å². The number of pyridine rings is 2. The van der Waals surface area contributed by atoms with Gasteiger partial charge in [-0.2, -0.15) is 0 Å². The van der Waals surface area contributed by atoms with E-state index in [1.165, 1.54) is 0 Å². The van der Waals surface area contributed by atoms with E-state index in [4.69, 9.17) is 33.2 Å². The van der Waals surface area contributed by atoms with E-state index < -0.39 is 0 Å². The third-order valence-electron chi connectivity index (χ3n) is 9.80. The van der Waals surface area contributed by atoms with Gasteiger partial charge in [-0.1, -0.05) is 47.5 Å². The summed E-state index contributed by atoms with van der Waals surface area (Å²) in [4.78, 5) is 59.9. The smallest absolute Gasteiger partial charge is 0.278 e.